The van der Waals surface area contributed by atoms with Crippen molar-refractivity contribution in [2.45, 2.75) is 38.5 Å². The van der Waals surface area contributed by atoms with E-state index in [1.807, 2.05) is 9.80 Å². The first-order valence-corrected chi connectivity index (χ1v) is 11.2. The van der Waals surface area contributed by atoms with Crippen molar-refractivity contribution < 1.29 is 37.1 Å². The number of hydrogen-bond donors (Lipinski definition) is 0. The summed E-state index contributed by atoms with van der Waals surface area (Å²) in [7, 11) is 0. The van der Waals surface area contributed by atoms with Crippen LogP contribution in [0.5, 0.6) is 0 Å². The molecule has 0 aliphatic carbocycles. The second-order valence-electron chi connectivity index (χ2n) is 8.66. The number of ether oxygens (including phenoxy) is 1. The number of morpholine rings is 1. The van der Waals surface area contributed by atoms with E-state index in [1.54, 1.807) is 13.0 Å². The third-order valence-electron chi connectivity index (χ3n) is 6.29. The summed E-state index contributed by atoms with van der Waals surface area (Å²) in [6.07, 6.45) is -5.31. The molecule has 0 aromatic heterocycles. The number of hydroxylamine groups is 2. The number of alkyl halides is 3. The number of nitrogens with zero attached hydrogens (tertiary/aromatic N) is 4. The fraction of sp³-hybridized carbons (Fsp3) is 0.591. The second-order valence-corrected chi connectivity index (χ2v) is 8.66. The van der Waals surface area contributed by atoms with Gasteiger partial charge in [0.15, 0.2) is 0 Å². The number of piperazine rings is 1. The molecule has 4 rings (SSSR count). The standard InChI is InChI=1S/C22H27F3N4O5/c1-15-13-26(6-7-28(15)21(32)34-29-19(30)4-5-20(29)31)14-16-2-3-17(12-18(16)22(23,24)25)27-8-10-33-11-9-27/h2-3,12,15H,4-11,13-14H2,1H3. The van der Waals surface area contributed by atoms with E-state index in [-0.39, 0.29) is 37.5 Å². The number of imide groups is 1. The Kier molecular flexibility index (Phi) is 6.99. The Labute approximate surface area is 194 Å². The van der Waals surface area contributed by atoms with Crippen molar-refractivity contribution in [1.29, 1.82) is 0 Å². The van der Waals surface area contributed by atoms with E-state index in [1.165, 1.54) is 17.0 Å². The fourth-order valence-corrected chi connectivity index (χ4v) is 4.46. The van der Waals surface area contributed by atoms with Gasteiger partial charge in [-0.25, -0.2) is 4.79 Å². The van der Waals surface area contributed by atoms with Crippen LogP contribution < -0.4 is 4.90 Å². The molecule has 34 heavy (non-hydrogen) atoms. The van der Waals surface area contributed by atoms with Crippen LogP contribution in [0.1, 0.15) is 30.9 Å². The average Bonchev–Trinajstić information content (AvgIpc) is 3.11. The van der Waals surface area contributed by atoms with Crippen LogP contribution in [0.25, 0.3) is 0 Å². The van der Waals surface area contributed by atoms with E-state index in [0.29, 0.717) is 50.1 Å². The molecule has 0 N–H and O–H groups in total. The zero-order valence-electron chi connectivity index (χ0n) is 18.8. The van der Waals surface area contributed by atoms with Gasteiger partial charge in [-0.15, -0.1) is 5.06 Å². The van der Waals surface area contributed by atoms with Gasteiger partial charge in [0, 0.05) is 63.8 Å². The lowest BCUT2D eigenvalue weighted by Gasteiger charge is -2.39. The second kappa shape index (κ2) is 9.79. The van der Waals surface area contributed by atoms with E-state index < -0.39 is 29.6 Å². The Bertz CT molecular complexity index is 935. The number of benzene rings is 1. The van der Waals surface area contributed by atoms with Crippen LogP contribution in [0.3, 0.4) is 0 Å². The van der Waals surface area contributed by atoms with E-state index in [9.17, 15) is 27.6 Å². The van der Waals surface area contributed by atoms with Gasteiger partial charge in [0.2, 0.25) is 0 Å². The third-order valence-corrected chi connectivity index (χ3v) is 6.29. The normalized spacial score (nSPS) is 22.5. The fourth-order valence-electron chi connectivity index (χ4n) is 4.46. The van der Waals surface area contributed by atoms with Crippen LogP contribution in [0.15, 0.2) is 18.2 Å². The Morgan fingerprint density at radius 2 is 1.76 bits per heavy atom. The van der Waals surface area contributed by atoms with Crippen LogP contribution in [0, 0.1) is 0 Å². The third kappa shape index (κ3) is 5.27. The molecule has 1 aromatic rings. The number of hydrogen-bond acceptors (Lipinski definition) is 7. The smallest absolute Gasteiger partial charge is 0.378 e. The predicted molar refractivity (Wildman–Crippen MR) is 113 cm³/mol. The van der Waals surface area contributed by atoms with Gasteiger partial charge in [-0.3, -0.25) is 14.5 Å². The Morgan fingerprint density at radius 3 is 2.38 bits per heavy atom. The average molecular weight is 484 g/mol. The van der Waals surface area contributed by atoms with Crippen molar-refractivity contribution >= 4 is 23.6 Å². The van der Waals surface area contributed by atoms with Gasteiger partial charge in [-0.2, -0.15) is 13.2 Å². The molecule has 186 valence electrons. The molecule has 3 aliphatic rings. The van der Waals surface area contributed by atoms with Crippen molar-refractivity contribution in [3.8, 4) is 0 Å². The molecular formula is C22H27F3N4O5. The van der Waals surface area contributed by atoms with Gasteiger partial charge in [0.05, 0.1) is 18.8 Å². The molecule has 0 bridgehead atoms. The van der Waals surface area contributed by atoms with Crippen LogP contribution in [-0.2, 0) is 31.9 Å². The minimum atomic E-state index is -4.50. The number of rotatable bonds is 4. The highest BCUT2D eigenvalue weighted by atomic mass is 19.4. The molecule has 12 heteroatoms. The highest BCUT2D eigenvalue weighted by Gasteiger charge is 2.38. The first kappa shape index (κ1) is 24.3. The number of carbonyl (C=O) groups excluding carboxylic acids is 3. The van der Waals surface area contributed by atoms with E-state index in [2.05, 4.69) is 0 Å². The Balaban J connectivity index is 1.41. The number of amides is 3. The molecule has 0 spiro atoms. The number of anilines is 1. The zero-order valence-corrected chi connectivity index (χ0v) is 18.8. The largest absolute Gasteiger partial charge is 0.435 e. The predicted octanol–water partition coefficient (Wildman–Crippen LogP) is 2.25. The van der Waals surface area contributed by atoms with Crippen molar-refractivity contribution in [3.05, 3.63) is 29.3 Å². The van der Waals surface area contributed by atoms with Gasteiger partial charge in [-0.1, -0.05) is 6.07 Å². The van der Waals surface area contributed by atoms with Crippen molar-refractivity contribution in [2.75, 3.05) is 50.8 Å². The summed E-state index contributed by atoms with van der Waals surface area (Å²) in [4.78, 5) is 45.9. The molecule has 3 saturated heterocycles. The van der Waals surface area contributed by atoms with Gasteiger partial charge in [0.1, 0.15) is 0 Å². The van der Waals surface area contributed by atoms with Crippen LogP contribution in [0.4, 0.5) is 23.7 Å². The summed E-state index contributed by atoms with van der Waals surface area (Å²) in [6.45, 7) is 4.71. The molecule has 9 nitrogen and oxygen atoms in total. The van der Waals surface area contributed by atoms with E-state index >= 15 is 0 Å². The summed E-state index contributed by atoms with van der Waals surface area (Å²) in [5, 5.41) is 0.493. The minimum absolute atomic E-state index is 0.00130. The summed E-state index contributed by atoms with van der Waals surface area (Å²) >= 11 is 0. The molecule has 0 saturated carbocycles. The highest BCUT2D eigenvalue weighted by molar-refractivity contribution is 6.01. The Morgan fingerprint density at radius 1 is 1.09 bits per heavy atom. The molecule has 0 radical (unpaired) electrons. The van der Waals surface area contributed by atoms with Crippen molar-refractivity contribution in [3.63, 3.8) is 0 Å². The SMILES string of the molecule is CC1CN(Cc2ccc(N3CCOCC3)cc2C(F)(F)F)CCN1C(=O)ON1C(=O)CCC1=O. The summed E-state index contributed by atoms with van der Waals surface area (Å²) in [6, 6.07) is 4.04. The quantitative estimate of drug-likeness (QED) is 0.607. The van der Waals surface area contributed by atoms with Crippen LogP contribution in [0.2, 0.25) is 0 Å². The van der Waals surface area contributed by atoms with E-state index in [0.717, 1.165) is 0 Å². The monoisotopic (exact) mass is 484 g/mol. The first-order valence-electron chi connectivity index (χ1n) is 11.2. The molecular weight excluding hydrogens is 457 g/mol. The summed E-state index contributed by atoms with van der Waals surface area (Å²) in [5.74, 6) is -1.13. The maximum atomic E-state index is 13.9. The summed E-state index contributed by atoms with van der Waals surface area (Å²) < 4.78 is 46.9. The molecule has 3 amide bonds. The van der Waals surface area contributed by atoms with Gasteiger partial charge >= 0.3 is 12.3 Å². The molecule has 3 heterocycles. The lowest BCUT2D eigenvalue weighted by molar-refractivity contribution is -0.174. The first-order chi connectivity index (χ1) is 16.1. The van der Waals surface area contributed by atoms with Crippen molar-refractivity contribution in [1.82, 2.24) is 14.9 Å². The lowest BCUT2D eigenvalue weighted by atomic mass is 10.0. The topological polar surface area (TPSA) is 82.6 Å². The maximum Gasteiger partial charge on any atom is 0.435 e. The molecule has 1 atom stereocenters. The Hall–Kier alpha value is -2.86. The molecule has 3 fully saturated rings. The van der Waals surface area contributed by atoms with Crippen LogP contribution in [-0.4, -0.2) is 84.8 Å². The summed E-state index contributed by atoms with van der Waals surface area (Å²) in [5.41, 5.74) is 0.0179. The van der Waals surface area contributed by atoms with E-state index in [4.69, 9.17) is 9.57 Å². The molecule has 1 unspecified atom stereocenters. The van der Waals surface area contributed by atoms with Gasteiger partial charge in [0.25, 0.3) is 11.8 Å². The molecule has 3 aliphatic heterocycles. The number of halogens is 3. The lowest BCUT2D eigenvalue weighted by Crippen LogP contribution is -2.55. The minimum Gasteiger partial charge on any atom is -0.378 e. The zero-order chi connectivity index (χ0) is 24.5. The maximum absolute atomic E-state index is 13.9. The highest BCUT2D eigenvalue weighted by Crippen LogP contribution is 2.35. The van der Waals surface area contributed by atoms with Gasteiger partial charge < -0.3 is 19.4 Å². The van der Waals surface area contributed by atoms with Crippen molar-refractivity contribution in [2.24, 2.45) is 0 Å². The van der Waals surface area contributed by atoms with Crippen LogP contribution >= 0.6 is 0 Å². The van der Waals surface area contributed by atoms with Gasteiger partial charge in [-0.05, 0) is 24.6 Å². The number of carbonyl (C=O) groups is 3. The molecule has 1 aromatic carbocycles.